The Morgan fingerprint density at radius 3 is 2.23 bits per heavy atom. The first-order valence-corrected chi connectivity index (χ1v) is 22.3. The number of aliphatic hydroxyl groups is 2. The normalized spacial score (nSPS) is 14.7. The lowest BCUT2D eigenvalue weighted by Crippen LogP contribution is -2.40. The second-order valence-corrected chi connectivity index (χ2v) is 17.3. The third-order valence-corrected chi connectivity index (χ3v) is 13.0. The van der Waals surface area contributed by atoms with Crippen LogP contribution in [0.4, 0.5) is 0 Å². The molecular weight excluding hydrogens is 843 g/mol. The number of aromatic hydroxyl groups is 1. The predicted octanol–water partition coefficient (Wildman–Crippen LogP) is 8.41. The highest BCUT2D eigenvalue weighted by molar-refractivity contribution is 7.59. The summed E-state index contributed by atoms with van der Waals surface area (Å²) < 4.78 is 5.91. The van der Waals surface area contributed by atoms with Gasteiger partial charge >= 0.3 is 5.97 Å². The van der Waals surface area contributed by atoms with Crippen molar-refractivity contribution in [1.82, 2.24) is 15.2 Å². The number of H-pyrrole nitrogens is 1. The van der Waals surface area contributed by atoms with E-state index < -0.39 is 17.7 Å². The first kappa shape index (κ1) is 46.1. The number of rotatable bonds is 17. The van der Waals surface area contributed by atoms with E-state index in [1.54, 1.807) is 59.9 Å². The van der Waals surface area contributed by atoms with Crippen molar-refractivity contribution < 1.29 is 29.6 Å². The summed E-state index contributed by atoms with van der Waals surface area (Å²) in [5.41, 5.74) is 4.26. The molecule has 7 aromatic rings. The zero-order valence-electron chi connectivity index (χ0n) is 35.4. The number of aromatic nitrogens is 1. The van der Waals surface area contributed by atoms with Crippen molar-refractivity contribution in [1.29, 1.82) is 0 Å². The van der Waals surface area contributed by atoms with Crippen LogP contribution in [0.15, 0.2) is 150 Å². The molecule has 1 aliphatic rings. The van der Waals surface area contributed by atoms with E-state index in [0.717, 1.165) is 54.0 Å². The Balaban J connectivity index is 0.00000612. The zero-order chi connectivity index (χ0) is 43.8. The van der Waals surface area contributed by atoms with E-state index in [1.165, 1.54) is 17.7 Å². The summed E-state index contributed by atoms with van der Waals surface area (Å²) in [4.78, 5) is 44.9. The number of Topliss-reactive ketones (excluding diaryl/α,β-unsaturated/α-hetero) is 1. The maximum atomic E-state index is 13.8. The van der Waals surface area contributed by atoms with Crippen molar-refractivity contribution in [3.8, 4) is 16.9 Å². The number of phenols is 1. The van der Waals surface area contributed by atoms with Gasteiger partial charge in [-0.2, -0.15) is 13.5 Å². The van der Waals surface area contributed by atoms with Crippen molar-refractivity contribution in [2.75, 3.05) is 26.2 Å². The first-order chi connectivity index (χ1) is 30.6. The Hall–Kier alpha value is -5.86. The van der Waals surface area contributed by atoms with Crippen LogP contribution in [0.5, 0.6) is 5.75 Å². The number of benzene rings is 5. The highest BCUT2D eigenvalue weighted by Crippen LogP contribution is 2.35. The molecule has 0 aliphatic carbocycles. The minimum atomic E-state index is -1.97. The molecular formula is C52H53N3O7S2. The van der Waals surface area contributed by atoms with Gasteiger partial charge in [0, 0.05) is 47.9 Å². The molecule has 0 bridgehead atoms. The Kier molecular flexibility index (Phi) is 15.3. The average Bonchev–Trinajstić information content (AvgIpc) is 3.80. The number of esters is 1. The number of thiophene rings is 1. The number of phenolic OH excluding ortho intramolecular Hbond substituents is 1. The molecule has 330 valence electrons. The number of ether oxygens (including phenoxy) is 1. The van der Waals surface area contributed by atoms with Gasteiger partial charge < -0.3 is 30.4 Å². The van der Waals surface area contributed by atoms with Crippen LogP contribution in [0.3, 0.4) is 0 Å². The molecule has 1 aliphatic heterocycles. The molecule has 2 atom stereocenters. The average molecular weight is 896 g/mol. The van der Waals surface area contributed by atoms with Gasteiger partial charge in [-0.3, -0.25) is 14.5 Å². The minimum absolute atomic E-state index is 0. The number of nitrogens with zero attached hydrogens (tertiary/aromatic N) is 1. The van der Waals surface area contributed by atoms with Gasteiger partial charge in [-0.05, 0) is 101 Å². The zero-order valence-corrected chi connectivity index (χ0v) is 37.2. The van der Waals surface area contributed by atoms with Crippen LogP contribution in [0.1, 0.15) is 68.4 Å². The summed E-state index contributed by atoms with van der Waals surface area (Å²) >= 11 is 1.59. The van der Waals surface area contributed by atoms with Crippen LogP contribution in [0.2, 0.25) is 0 Å². The summed E-state index contributed by atoms with van der Waals surface area (Å²) in [5.74, 6) is -0.469. The lowest BCUT2D eigenvalue weighted by atomic mass is 9.85. The number of aromatic amines is 1. The molecule has 0 saturated carbocycles. The van der Waals surface area contributed by atoms with Gasteiger partial charge in [-0.1, -0.05) is 115 Å². The number of likely N-dealkylation sites (tertiary alicyclic amines) is 1. The SMILES string of the molecule is O=C(CCc1cc(-c2ccc([C@](O)(C(=O)OCC3CCN(Cc4ccccc4)CC3)c3ccccc3)cc2)cs1)c1ccc(CNC[C@H](O)c2ccc(O)c3[nH]c(=O)ccc23)cc1.S. The van der Waals surface area contributed by atoms with E-state index in [0.29, 0.717) is 47.0 Å². The summed E-state index contributed by atoms with van der Waals surface area (Å²) in [6.45, 7) is 3.75. The van der Waals surface area contributed by atoms with E-state index in [-0.39, 0.29) is 55.2 Å². The van der Waals surface area contributed by atoms with Crippen LogP contribution in [-0.4, -0.2) is 63.2 Å². The number of carbonyl (C=O) groups excluding carboxylic acids is 2. The fraction of sp³-hybridized carbons (Fsp3) is 0.250. The highest BCUT2D eigenvalue weighted by Gasteiger charge is 2.42. The second-order valence-electron chi connectivity index (χ2n) is 16.3. The number of aryl methyl sites for hydroxylation is 1. The monoisotopic (exact) mass is 895 g/mol. The first-order valence-electron chi connectivity index (χ1n) is 21.4. The third-order valence-electron chi connectivity index (χ3n) is 12.0. The molecule has 1 saturated heterocycles. The quantitative estimate of drug-likeness (QED) is 0.0449. The molecule has 0 spiro atoms. The van der Waals surface area contributed by atoms with Crippen LogP contribution < -0.4 is 10.9 Å². The highest BCUT2D eigenvalue weighted by atomic mass is 32.1. The van der Waals surface area contributed by atoms with Crippen LogP contribution in [0, 0.1) is 5.92 Å². The second kappa shape index (κ2) is 21.2. The summed E-state index contributed by atoms with van der Waals surface area (Å²) in [7, 11) is 0. The third kappa shape index (κ3) is 10.9. The summed E-state index contributed by atoms with van der Waals surface area (Å²) in [5, 5.41) is 39.0. The number of piperidine rings is 1. The van der Waals surface area contributed by atoms with Crippen LogP contribution in [0.25, 0.3) is 22.0 Å². The molecule has 5 aromatic carbocycles. The molecule has 12 heteroatoms. The van der Waals surface area contributed by atoms with Crippen molar-refractivity contribution >= 4 is 47.5 Å². The summed E-state index contributed by atoms with van der Waals surface area (Å²) in [6.07, 6.45) is 1.92. The van der Waals surface area contributed by atoms with Gasteiger partial charge in [-0.15, -0.1) is 11.3 Å². The standard InChI is InChI=1S/C52H51N3O7S.H2S/c56-46(39-13-11-35(12-14-39)30-53-31-48(58)44-20-23-47(57)50-45(44)21-24-49(59)54-50)22-19-43-29-40(34-63-43)38-15-17-42(18-16-38)52(61,41-9-5-2-6-10-41)51(60)62-33-37-25-27-55(28-26-37)32-36-7-3-1-4-8-36;/h1-18,20-21,23-24,29,34,37,48,53,57-58,61H,19,22,25-28,30-33H2,(H,54,59);1H2/t48-,52-;/m0./s1. The predicted molar refractivity (Wildman–Crippen MR) is 257 cm³/mol. The maximum absolute atomic E-state index is 13.8. The van der Waals surface area contributed by atoms with Gasteiger partial charge in [0.15, 0.2) is 5.78 Å². The molecule has 5 N–H and O–H groups in total. The maximum Gasteiger partial charge on any atom is 0.347 e. The number of hydrogen-bond donors (Lipinski definition) is 5. The molecule has 10 nitrogen and oxygen atoms in total. The minimum Gasteiger partial charge on any atom is -0.506 e. The Morgan fingerprint density at radius 2 is 1.52 bits per heavy atom. The molecule has 0 radical (unpaired) electrons. The van der Waals surface area contributed by atoms with Crippen molar-refractivity contribution in [2.24, 2.45) is 5.92 Å². The fourth-order valence-corrected chi connectivity index (χ4v) is 9.20. The number of hydrogen-bond acceptors (Lipinski definition) is 10. The van der Waals surface area contributed by atoms with E-state index >= 15 is 0 Å². The van der Waals surface area contributed by atoms with E-state index in [2.05, 4.69) is 50.9 Å². The summed E-state index contributed by atoms with van der Waals surface area (Å²) in [6, 6.07) is 42.4. The molecule has 3 heterocycles. The number of ketones is 1. The lowest BCUT2D eigenvalue weighted by Gasteiger charge is -2.33. The van der Waals surface area contributed by atoms with Gasteiger partial charge in [-0.25, -0.2) is 4.79 Å². The number of aliphatic hydroxyl groups excluding tert-OH is 1. The Labute approximate surface area is 383 Å². The van der Waals surface area contributed by atoms with Gasteiger partial charge in [0.25, 0.3) is 0 Å². The molecule has 8 rings (SSSR count). The Morgan fingerprint density at radius 1 is 0.828 bits per heavy atom. The van der Waals surface area contributed by atoms with E-state index in [9.17, 15) is 29.7 Å². The van der Waals surface area contributed by atoms with Crippen LogP contribution >= 0.6 is 24.8 Å². The van der Waals surface area contributed by atoms with Gasteiger partial charge in [0.1, 0.15) is 5.75 Å². The molecule has 64 heavy (non-hydrogen) atoms. The van der Waals surface area contributed by atoms with Crippen molar-refractivity contribution in [2.45, 2.75) is 50.5 Å². The molecule has 1 fully saturated rings. The van der Waals surface area contributed by atoms with Gasteiger partial charge in [0.2, 0.25) is 11.2 Å². The van der Waals surface area contributed by atoms with Crippen molar-refractivity contribution in [3.05, 3.63) is 194 Å². The Bertz CT molecular complexity index is 2700. The number of pyridine rings is 1. The number of nitrogens with one attached hydrogen (secondary N) is 2. The number of carbonyl (C=O) groups is 2. The molecule has 0 amide bonds. The van der Waals surface area contributed by atoms with Gasteiger partial charge in [0.05, 0.1) is 18.2 Å². The van der Waals surface area contributed by atoms with Crippen molar-refractivity contribution in [3.63, 3.8) is 0 Å². The van der Waals surface area contributed by atoms with E-state index in [1.807, 2.05) is 48.5 Å². The molecule has 2 aromatic heterocycles. The number of fused-ring (bicyclic) bond motifs is 1. The molecule has 0 unspecified atom stereocenters. The topological polar surface area (TPSA) is 152 Å². The van der Waals surface area contributed by atoms with Crippen LogP contribution in [-0.2, 0) is 34.6 Å². The van der Waals surface area contributed by atoms with E-state index in [4.69, 9.17) is 4.74 Å². The smallest absolute Gasteiger partial charge is 0.347 e. The fourth-order valence-electron chi connectivity index (χ4n) is 8.30. The largest absolute Gasteiger partial charge is 0.506 e. The lowest BCUT2D eigenvalue weighted by molar-refractivity contribution is -0.164.